The molecule has 0 spiro atoms. The molecule has 0 amide bonds. The van der Waals surface area contributed by atoms with E-state index in [1.165, 1.54) is 32.3 Å². The minimum atomic E-state index is 1.37. The molecular weight excluding hydrogens is 168 g/mol. The molecule has 0 nitrogen and oxygen atoms in total. The number of hydrogen-bond acceptors (Lipinski definition) is 0. The zero-order chi connectivity index (χ0) is 9.71. The second-order valence-electron chi connectivity index (χ2n) is 4.08. The van der Waals surface area contributed by atoms with Crippen molar-refractivity contribution in [2.24, 2.45) is 0 Å². The quantitative estimate of drug-likeness (QED) is 0.497. The van der Waals surface area contributed by atoms with Gasteiger partial charge in [0.1, 0.15) is 0 Å². The van der Waals surface area contributed by atoms with Crippen molar-refractivity contribution in [1.82, 2.24) is 0 Å². The fourth-order valence-electron chi connectivity index (χ4n) is 2.38. The van der Waals surface area contributed by atoms with Crippen molar-refractivity contribution in [1.29, 1.82) is 0 Å². The average molecular weight is 180 g/mol. The standard InChI is InChI=1S/C14H12/c1-9(2)13-11-7-3-5-10-6-4-8-12(13)14(10)11/h3-8H,1-2H3. The van der Waals surface area contributed by atoms with Gasteiger partial charge in [-0.05, 0) is 40.6 Å². The van der Waals surface area contributed by atoms with Crippen molar-refractivity contribution in [3.63, 3.8) is 0 Å². The first-order chi connectivity index (χ1) is 6.79. The second kappa shape index (κ2) is 2.48. The van der Waals surface area contributed by atoms with Crippen molar-refractivity contribution >= 4 is 27.1 Å². The maximum Gasteiger partial charge on any atom is -0.00264 e. The zero-order valence-corrected chi connectivity index (χ0v) is 8.46. The average Bonchev–Trinajstić information content (AvgIpc) is 2.15. The summed E-state index contributed by atoms with van der Waals surface area (Å²) in [5.41, 5.74) is 1.41. The predicted octanol–water partition coefficient (Wildman–Crippen LogP) is 3.34. The van der Waals surface area contributed by atoms with E-state index >= 15 is 0 Å². The van der Waals surface area contributed by atoms with E-state index in [0.717, 1.165) is 0 Å². The Bertz CT molecular complexity index is 596. The van der Waals surface area contributed by atoms with Crippen molar-refractivity contribution in [3.8, 4) is 0 Å². The maximum atomic E-state index is 2.22. The minimum absolute atomic E-state index is 1.37. The smallest absolute Gasteiger partial charge is 0.00264 e. The summed E-state index contributed by atoms with van der Waals surface area (Å²) in [5.74, 6) is 0. The first-order valence-corrected chi connectivity index (χ1v) is 4.99. The first-order valence-electron chi connectivity index (χ1n) is 4.99. The molecular formula is C14H12. The molecule has 0 aromatic heterocycles. The monoisotopic (exact) mass is 180 g/mol. The van der Waals surface area contributed by atoms with E-state index in [1.54, 1.807) is 0 Å². The van der Waals surface area contributed by atoms with Crippen LogP contribution in [0.1, 0.15) is 13.8 Å². The lowest BCUT2D eigenvalue weighted by Crippen LogP contribution is -2.12. The molecule has 0 N–H and O–H groups in total. The molecule has 0 heterocycles. The molecule has 0 radical (unpaired) electrons. The lowest BCUT2D eigenvalue weighted by molar-refractivity contribution is 1.55. The Labute approximate surface area is 83.2 Å². The molecule has 0 saturated heterocycles. The summed E-state index contributed by atoms with van der Waals surface area (Å²) in [7, 11) is 0. The van der Waals surface area contributed by atoms with Crippen molar-refractivity contribution < 1.29 is 0 Å². The van der Waals surface area contributed by atoms with E-state index in [0.29, 0.717) is 0 Å². The molecule has 14 heavy (non-hydrogen) atoms. The molecule has 0 bridgehead atoms. The highest BCUT2D eigenvalue weighted by Crippen LogP contribution is 2.27. The third-order valence-electron chi connectivity index (χ3n) is 2.94. The third-order valence-corrected chi connectivity index (χ3v) is 2.94. The Kier molecular flexibility index (Phi) is 1.38. The van der Waals surface area contributed by atoms with Crippen LogP contribution < -0.4 is 5.22 Å². The van der Waals surface area contributed by atoms with Gasteiger partial charge >= 0.3 is 0 Å². The van der Waals surface area contributed by atoms with Crippen molar-refractivity contribution in [2.45, 2.75) is 13.8 Å². The van der Waals surface area contributed by atoms with Gasteiger partial charge in [0.15, 0.2) is 0 Å². The van der Waals surface area contributed by atoms with Gasteiger partial charge in [0.25, 0.3) is 0 Å². The van der Waals surface area contributed by atoms with Crippen LogP contribution in [0.15, 0.2) is 36.4 Å². The van der Waals surface area contributed by atoms with E-state index in [9.17, 15) is 0 Å². The van der Waals surface area contributed by atoms with Gasteiger partial charge in [0, 0.05) is 0 Å². The summed E-state index contributed by atoms with van der Waals surface area (Å²) >= 11 is 0. The summed E-state index contributed by atoms with van der Waals surface area (Å²) in [5, 5.41) is 7.12. The van der Waals surface area contributed by atoms with Crippen LogP contribution in [-0.4, -0.2) is 0 Å². The van der Waals surface area contributed by atoms with Crippen molar-refractivity contribution in [2.75, 3.05) is 0 Å². The SMILES string of the molecule is CC(C)=c1c2cccc3cccc1c32. The van der Waals surface area contributed by atoms with Gasteiger partial charge in [0.05, 0.1) is 0 Å². The molecule has 0 heteroatoms. The molecule has 3 aromatic rings. The topological polar surface area (TPSA) is 0 Å². The van der Waals surface area contributed by atoms with Crippen LogP contribution in [0.4, 0.5) is 0 Å². The summed E-state index contributed by atoms with van der Waals surface area (Å²) in [6, 6.07) is 13.1. The van der Waals surface area contributed by atoms with Crippen molar-refractivity contribution in [3.05, 3.63) is 41.6 Å². The van der Waals surface area contributed by atoms with Gasteiger partial charge in [-0.3, -0.25) is 0 Å². The molecule has 0 aliphatic rings. The zero-order valence-electron chi connectivity index (χ0n) is 8.46. The van der Waals surface area contributed by atoms with E-state index < -0.39 is 0 Å². The normalized spacial score (nSPS) is 11.6. The van der Waals surface area contributed by atoms with E-state index in [2.05, 4.69) is 50.2 Å². The van der Waals surface area contributed by atoms with Gasteiger partial charge in [-0.2, -0.15) is 0 Å². The molecule has 0 saturated carbocycles. The molecule has 0 fully saturated rings. The Balaban J connectivity index is 2.68. The Morgan fingerprint density at radius 1 is 0.857 bits per heavy atom. The molecule has 3 aromatic carbocycles. The van der Waals surface area contributed by atoms with Crippen LogP contribution in [0, 0.1) is 0 Å². The van der Waals surface area contributed by atoms with E-state index in [1.807, 2.05) is 0 Å². The van der Waals surface area contributed by atoms with Crippen LogP contribution in [0.25, 0.3) is 27.1 Å². The minimum Gasteiger partial charge on any atom is -0.0679 e. The van der Waals surface area contributed by atoms with Gasteiger partial charge in [-0.25, -0.2) is 0 Å². The largest absolute Gasteiger partial charge is 0.0679 e. The van der Waals surface area contributed by atoms with Gasteiger partial charge in [-0.1, -0.05) is 42.0 Å². The second-order valence-corrected chi connectivity index (χ2v) is 4.08. The summed E-state index contributed by atoms with van der Waals surface area (Å²) in [6.07, 6.45) is 0. The molecule has 0 aliphatic carbocycles. The fraction of sp³-hybridized carbons (Fsp3) is 0.143. The molecule has 3 rings (SSSR count). The summed E-state index contributed by atoms with van der Waals surface area (Å²) < 4.78 is 0. The maximum absolute atomic E-state index is 2.22. The van der Waals surface area contributed by atoms with Crippen LogP contribution in [0.2, 0.25) is 0 Å². The van der Waals surface area contributed by atoms with E-state index in [-0.39, 0.29) is 0 Å². The summed E-state index contributed by atoms with van der Waals surface area (Å²) in [4.78, 5) is 0. The highest BCUT2D eigenvalue weighted by atomic mass is 14.1. The fourth-order valence-corrected chi connectivity index (χ4v) is 2.38. The lowest BCUT2D eigenvalue weighted by Gasteiger charge is -2.13. The van der Waals surface area contributed by atoms with Gasteiger partial charge in [-0.15, -0.1) is 0 Å². The summed E-state index contributed by atoms with van der Waals surface area (Å²) in [6.45, 7) is 4.37. The molecule has 68 valence electrons. The molecule has 0 aliphatic heterocycles. The third kappa shape index (κ3) is 0.784. The number of benzene rings is 2. The van der Waals surface area contributed by atoms with Gasteiger partial charge in [0.2, 0.25) is 0 Å². The Hall–Kier alpha value is -1.56. The lowest BCUT2D eigenvalue weighted by atomic mass is 9.91. The number of rotatable bonds is 0. The van der Waals surface area contributed by atoms with Crippen LogP contribution in [0.5, 0.6) is 0 Å². The molecule has 0 atom stereocenters. The number of hydrogen-bond donors (Lipinski definition) is 0. The highest BCUT2D eigenvalue weighted by Gasteiger charge is 2.09. The van der Waals surface area contributed by atoms with Crippen LogP contribution in [-0.2, 0) is 0 Å². The predicted molar refractivity (Wildman–Crippen MR) is 62.6 cm³/mol. The van der Waals surface area contributed by atoms with Gasteiger partial charge < -0.3 is 0 Å². The highest BCUT2D eigenvalue weighted by molar-refractivity contribution is 6.17. The van der Waals surface area contributed by atoms with Crippen LogP contribution in [0.3, 0.4) is 0 Å². The Morgan fingerprint density at radius 3 is 1.93 bits per heavy atom. The molecule has 0 unspecified atom stereocenters. The Morgan fingerprint density at radius 2 is 1.43 bits per heavy atom. The van der Waals surface area contributed by atoms with E-state index in [4.69, 9.17) is 0 Å². The first kappa shape index (κ1) is 7.81. The van der Waals surface area contributed by atoms with Crippen LogP contribution >= 0.6 is 0 Å².